The lowest BCUT2D eigenvalue weighted by molar-refractivity contribution is -0.671. The molecule has 1 aromatic heterocycles. The van der Waals surface area contributed by atoms with Gasteiger partial charge >= 0.3 is 29.8 Å². The van der Waals surface area contributed by atoms with Gasteiger partial charge in [-0.2, -0.15) is 0 Å². The Balaban J connectivity index is 2.35. The maximum absolute atomic E-state index is 12.5. The zero-order chi connectivity index (χ0) is 24.7. The SMILES string of the molecule is CC(=O)O[C@@H]1O[C@H](COC(=O)c2ccc[n+](C)c2)[C@@H](OC(C)=O)[C@H](OC(C)=O)[C@H]1OC(C)=O. The van der Waals surface area contributed by atoms with Crippen LogP contribution in [0, 0.1) is 0 Å². The number of aromatic nitrogens is 1. The highest BCUT2D eigenvalue weighted by Crippen LogP contribution is 2.30. The maximum Gasteiger partial charge on any atom is 0.344 e. The average Bonchev–Trinajstić information content (AvgIpc) is 2.69. The molecule has 0 spiro atoms. The van der Waals surface area contributed by atoms with Crippen molar-refractivity contribution in [3.8, 4) is 0 Å². The van der Waals surface area contributed by atoms with Gasteiger partial charge in [0, 0.05) is 33.8 Å². The second kappa shape index (κ2) is 11.4. The number of carbonyl (C=O) groups excluding carboxylic acids is 5. The van der Waals surface area contributed by atoms with Gasteiger partial charge in [-0.05, 0) is 6.07 Å². The van der Waals surface area contributed by atoms with Gasteiger partial charge in [0.25, 0.3) is 0 Å². The number of nitrogens with zero attached hydrogens (tertiary/aromatic N) is 1. The molecule has 0 aromatic carbocycles. The molecule has 2 heterocycles. The van der Waals surface area contributed by atoms with E-state index in [4.69, 9.17) is 28.4 Å². The fourth-order valence-corrected chi connectivity index (χ4v) is 3.20. The van der Waals surface area contributed by atoms with Crippen LogP contribution in [0.4, 0.5) is 0 Å². The molecule has 0 aliphatic carbocycles. The third-order valence-electron chi connectivity index (χ3n) is 4.33. The first-order chi connectivity index (χ1) is 15.5. The Kier molecular flexibility index (Phi) is 8.85. The Morgan fingerprint density at radius 2 is 1.39 bits per heavy atom. The summed E-state index contributed by atoms with van der Waals surface area (Å²) in [6, 6.07) is 3.18. The molecule has 1 saturated heterocycles. The van der Waals surface area contributed by atoms with Gasteiger partial charge in [-0.1, -0.05) is 0 Å². The van der Waals surface area contributed by atoms with Crippen molar-refractivity contribution in [1.29, 1.82) is 0 Å². The van der Waals surface area contributed by atoms with Crippen LogP contribution >= 0.6 is 0 Å². The van der Waals surface area contributed by atoms with Crippen LogP contribution in [0.15, 0.2) is 24.5 Å². The van der Waals surface area contributed by atoms with Crippen LogP contribution < -0.4 is 4.57 Å². The second-order valence-electron chi connectivity index (χ2n) is 7.23. The first kappa shape index (κ1) is 25.7. The van der Waals surface area contributed by atoms with Gasteiger partial charge in [-0.15, -0.1) is 0 Å². The highest BCUT2D eigenvalue weighted by Gasteiger charge is 2.53. The van der Waals surface area contributed by atoms with E-state index in [9.17, 15) is 24.0 Å². The van der Waals surface area contributed by atoms with Crippen molar-refractivity contribution in [2.75, 3.05) is 6.61 Å². The van der Waals surface area contributed by atoms with Crippen molar-refractivity contribution in [3.05, 3.63) is 30.1 Å². The van der Waals surface area contributed by atoms with E-state index in [1.807, 2.05) is 0 Å². The van der Waals surface area contributed by atoms with E-state index in [1.165, 1.54) is 12.3 Å². The van der Waals surface area contributed by atoms with Crippen LogP contribution in [0.1, 0.15) is 38.1 Å². The molecule has 0 N–H and O–H groups in total. The number of hydrogen-bond acceptors (Lipinski definition) is 11. The number of aryl methyl sites for hydroxylation is 1. The molecule has 1 aliphatic rings. The Morgan fingerprint density at radius 3 is 1.94 bits per heavy atom. The summed E-state index contributed by atoms with van der Waals surface area (Å²) in [5, 5.41) is 0. The molecule has 0 radical (unpaired) electrons. The molecule has 0 unspecified atom stereocenters. The van der Waals surface area contributed by atoms with Crippen molar-refractivity contribution in [2.24, 2.45) is 7.05 Å². The molecule has 33 heavy (non-hydrogen) atoms. The molecule has 1 fully saturated rings. The zero-order valence-corrected chi connectivity index (χ0v) is 18.8. The zero-order valence-electron chi connectivity index (χ0n) is 18.8. The van der Waals surface area contributed by atoms with Crippen molar-refractivity contribution in [1.82, 2.24) is 0 Å². The largest absolute Gasteiger partial charge is 0.459 e. The smallest absolute Gasteiger partial charge is 0.344 e. The Labute approximate surface area is 189 Å². The summed E-state index contributed by atoms with van der Waals surface area (Å²) >= 11 is 0. The van der Waals surface area contributed by atoms with Gasteiger partial charge in [0.05, 0.1) is 0 Å². The van der Waals surface area contributed by atoms with Gasteiger partial charge < -0.3 is 28.4 Å². The van der Waals surface area contributed by atoms with Crippen LogP contribution in [0.5, 0.6) is 0 Å². The number of rotatable bonds is 7. The second-order valence-corrected chi connectivity index (χ2v) is 7.23. The first-order valence-corrected chi connectivity index (χ1v) is 9.94. The molecule has 0 amide bonds. The van der Waals surface area contributed by atoms with E-state index in [2.05, 4.69) is 0 Å². The highest BCUT2D eigenvalue weighted by molar-refractivity contribution is 5.88. The van der Waals surface area contributed by atoms with E-state index in [0.717, 1.165) is 27.7 Å². The van der Waals surface area contributed by atoms with Crippen LogP contribution in [-0.2, 0) is 54.6 Å². The lowest BCUT2D eigenvalue weighted by Crippen LogP contribution is -2.63. The lowest BCUT2D eigenvalue weighted by atomic mass is 9.98. The average molecular weight is 468 g/mol. The summed E-state index contributed by atoms with van der Waals surface area (Å²) < 4.78 is 33.4. The first-order valence-electron chi connectivity index (χ1n) is 9.94. The number of hydrogen-bond donors (Lipinski definition) is 0. The van der Waals surface area contributed by atoms with Crippen LogP contribution in [0.25, 0.3) is 0 Å². The minimum Gasteiger partial charge on any atom is -0.459 e. The minimum absolute atomic E-state index is 0.241. The lowest BCUT2D eigenvalue weighted by Gasteiger charge is -2.43. The Bertz CT molecular complexity index is 915. The molecule has 1 aromatic rings. The number of ether oxygens (including phenoxy) is 6. The van der Waals surface area contributed by atoms with Gasteiger partial charge in [0.2, 0.25) is 12.4 Å². The topological polar surface area (TPSA) is 145 Å². The molecule has 5 atom stereocenters. The molecule has 0 bridgehead atoms. The predicted molar refractivity (Wildman–Crippen MR) is 105 cm³/mol. The number of esters is 5. The van der Waals surface area contributed by atoms with E-state index in [1.54, 1.807) is 23.9 Å². The van der Waals surface area contributed by atoms with Gasteiger partial charge in [0.1, 0.15) is 25.3 Å². The van der Waals surface area contributed by atoms with Crippen molar-refractivity contribution < 1.29 is 57.0 Å². The van der Waals surface area contributed by atoms with E-state index in [-0.39, 0.29) is 5.56 Å². The monoisotopic (exact) mass is 468 g/mol. The predicted octanol–water partition coefficient (Wildman–Crippen LogP) is -0.249. The standard InChI is InChI=1S/C21H26NO11/c1-11(23)29-17-16(10-28-20(27)15-7-6-8-22(5)9-15)33-21(32-14(4)26)19(31-13(3)25)18(17)30-12(2)24/h6-9,16-19,21H,10H2,1-5H3/q+1/t16-,17-,18+,19-,21-/m1/s1. The molecular weight excluding hydrogens is 442 g/mol. The third-order valence-corrected chi connectivity index (χ3v) is 4.33. The van der Waals surface area contributed by atoms with Crippen LogP contribution in [0.3, 0.4) is 0 Å². The minimum atomic E-state index is -1.53. The molecule has 0 saturated carbocycles. The Hall–Kier alpha value is -3.54. The molecule has 12 nitrogen and oxygen atoms in total. The van der Waals surface area contributed by atoms with Gasteiger partial charge in [-0.3, -0.25) is 19.2 Å². The van der Waals surface area contributed by atoms with Crippen LogP contribution in [-0.4, -0.2) is 67.2 Å². The van der Waals surface area contributed by atoms with Crippen LogP contribution in [0.2, 0.25) is 0 Å². The van der Waals surface area contributed by atoms with E-state index in [0.29, 0.717) is 0 Å². The summed E-state index contributed by atoms with van der Waals surface area (Å²) in [5.74, 6) is -3.82. The quantitative estimate of drug-likeness (QED) is 0.297. The molecule has 180 valence electrons. The van der Waals surface area contributed by atoms with Crippen molar-refractivity contribution >= 4 is 29.8 Å². The van der Waals surface area contributed by atoms with Crippen molar-refractivity contribution in [2.45, 2.75) is 58.4 Å². The van der Waals surface area contributed by atoms with Gasteiger partial charge in [-0.25, -0.2) is 9.36 Å². The molecule has 1 aliphatic heterocycles. The summed E-state index contributed by atoms with van der Waals surface area (Å²) in [4.78, 5) is 59.2. The van der Waals surface area contributed by atoms with Gasteiger partial charge in [0.15, 0.2) is 24.6 Å². The fraction of sp³-hybridized carbons (Fsp3) is 0.524. The summed E-state index contributed by atoms with van der Waals surface area (Å²) in [5.41, 5.74) is 0.241. The fourth-order valence-electron chi connectivity index (χ4n) is 3.20. The third kappa shape index (κ3) is 7.52. The number of carbonyl (C=O) groups is 5. The van der Waals surface area contributed by atoms with Crippen molar-refractivity contribution in [3.63, 3.8) is 0 Å². The summed E-state index contributed by atoms with van der Waals surface area (Å²) in [6.07, 6.45) is -3.70. The normalized spacial score (nSPS) is 24.2. The number of pyridine rings is 1. The van der Waals surface area contributed by atoms with E-state index >= 15 is 0 Å². The Morgan fingerprint density at radius 1 is 0.848 bits per heavy atom. The molecule has 2 rings (SSSR count). The summed E-state index contributed by atoms with van der Waals surface area (Å²) in [6.45, 7) is 3.92. The molecule has 12 heteroatoms. The molecular formula is C21H26NO11+. The van der Waals surface area contributed by atoms with E-state index < -0.39 is 67.2 Å². The maximum atomic E-state index is 12.5. The highest BCUT2D eigenvalue weighted by atomic mass is 16.7. The summed E-state index contributed by atoms with van der Waals surface area (Å²) in [7, 11) is 1.72.